The zero-order valence-electron chi connectivity index (χ0n) is 20.7. The van der Waals surface area contributed by atoms with Crippen LogP contribution in [0, 0.1) is 0 Å². The molecule has 2 aromatic heterocycles. The molecular formula is C28H29N3O2S3. The van der Waals surface area contributed by atoms with Crippen molar-refractivity contribution in [1.82, 2.24) is 9.97 Å². The van der Waals surface area contributed by atoms with Gasteiger partial charge in [-0.2, -0.15) is 0 Å². The number of thioether (sulfide) groups is 2. The number of thiophene rings is 1. The van der Waals surface area contributed by atoms with Crippen molar-refractivity contribution < 1.29 is 9.53 Å². The lowest BCUT2D eigenvalue weighted by Crippen LogP contribution is -2.31. The van der Waals surface area contributed by atoms with Gasteiger partial charge in [0.2, 0.25) is 5.91 Å². The zero-order chi connectivity index (χ0) is 25.1. The fourth-order valence-corrected chi connectivity index (χ4v) is 7.13. The number of amides is 1. The molecule has 0 aliphatic carbocycles. The van der Waals surface area contributed by atoms with Gasteiger partial charge in [-0.15, -0.1) is 11.3 Å². The number of benzene rings is 2. The van der Waals surface area contributed by atoms with Crippen LogP contribution >= 0.6 is 34.9 Å². The maximum atomic E-state index is 13.7. The van der Waals surface area contributed by atoms with E-state index in [1.165, 1.54) is 22.2 Å². The minimum atomic E-state index is -0.230. The highest BCUT2D eigenvalue weighted by molar-refractivity contribution is 8.00. The molecule has 36 heavy (non-hydrogen) atoms. The molecule has 0 fully saturated rings. The summed E-state index contributed by atoms with van der Waals surface area (Å²) in [6, 6.07) is 19.6. The van der Waals surface area contributed by atoms with Gasteiger partial charge in [0.1, 0.15) is 9.86 Å². The molecule has 1 aliphatic heterocycles. The van der Waals surface area contributed by atoms with Gasteiger partial charge in [0.05, 0.1) is 18.0 Å². The average Bonchev–Trinajstić information content (AvgIpc) is 3.24. The Morgan fingerprint density at radius 2 is 1.69 bits per heavy atom. The molecule has 1 aliphatic rings. The highest BCUT2D eigenvalue weighted by atomic mass is 32.2. The molecule has 0 atom stereocenters. The predicted molar refractivity (Wildman–Crippen MR) is 152 cm³/mol. The van der Waals surface area contributed by atoms with E-state index in [0.717, 1.165) is 50.4 Å². The molecule has 0 bridgehead atoms. The lowest BCUT2D eigenvalue weighted by molar-refractivity contribution is -0.115. The number of para-hydroxylation sites is 2. The number of aromatic nitrogens is 2. The maximum absolute atomic E-state index is 13.7. The lowest BCUT2D eigenvalue weighted by atomic mass is 9.95. The maximum Gasteiger partial charge on any atom is 0.241 e. The molecule has 0 saturated carbocycles. The van der Waals surface area contributed by atoms with Crippen LogP contribution in [0.1, 0.15) is 37.6 Å². The van der Waals surface area contributed by atoms with Crippen molar-refractivity contribution in [2.45, 2.75) is 56.0 Å². The van der Waals surface area contributed by atoms with E-state index in [0.29, 0.717) is 6.61 Å². The SMILES string of the molecule is CCCSc1nc(SCC(=O)N(c2ccccc2)c2ccccc2)c2c3c(sc2n1)COC(C)(C)C3. The van der Waals surface area contributed by atoms with E-state index in [9.17, 15) is 4.79 Å². The van der Waals surface area contributed by atoms with Crippen molar-refractivity contribution in [3.8, 4) is 0 Å². The minimum absolute atomic E-state index is 0.0136. The van der Waals surface area contributed by atoms with Crippen molar-refractivity contribution >= 4 is 62.4 Å². The Bertz CT molecular complexity index is 1320. The summed E-state index contributed by atoms with van der Waals surface area (Å²) in [4.78, 5) is 27.5. The van der Waals surface area contributed by atoms with Crippen molar-refractivity contribution in [3.05, 3.63) is 71.1 Å². The number of rotatable bonds is 8. The van der Waals surface area contributed by atoms with Crippen LogP contribution < -0.4 is 4.90 Å². The van der Waals surface area contributed by atoms with Crippen LogP contribution in [0.4, 0.5) is 11.4 Å². The van der Waals surface area contributed by atoms with E-state index in [1.54, 1.807) is 28.0 Å². The van der Waals surface area contributed by atoms with Crippen LogP contribution in [0.15, 0.2) is 70.8 Å². The number of carbonyl (C=O) groups is 1. The van der Waals surface area contributed by atoms with Gasteiger partial charge in [0.25, 0.3) is 0 Å². The number of anilines is 2. The summed E-state index contributed by atoms with van der Waals surface area (Å²) in [5.41, 5.74) is 2.75. The molecule has 0 radical (unpaired) electrons. The van der Waals surface area contributed by atoms with E-state index < -0.39 is 0 Å². The van der Waals surface area contributed by atoms with Crippen LogP contribution in [0.5, 0.6) is 0 Å². The van der Waals surface area contributed by atoms with Crippen LogP contribution in [0.3, 0.4) is 0 Å². The summed E-state index contributed by atoms with van der Waals surface area (Å²) in [6.07, 6.45) is 1.87. The standard InChI is InChI=1S/C28H29N3O2S3/c1-4-15-34-27-29-25(24-21-16-28(2,3)33-17-22(21)36-26(24)30-27)35-18-23(32)31(19-11-7-5-8-12-19)20-13-9-6-10-14-20/h5-14H,4,15-18H2,1-3H3. The molecule has 0 spiro atoms. The fraction of sp³-hybridized carbons (Fsp3) is 0.321. The molecule has 2 aromatic carbocycles. The van der Waals surface area contributed by atoms with E-state index in [-0.39, 0.29) is 17.3 Å². The summed E-state index contributed by atoms with van der Waals surface area (Å²) < 4.78 is 6.07. The Kier molecular flexibility index (Phi) is 7.67. The quantitative estimate of drug-likeness (QED) is 0.132. The summed E-state index contributed by atoms with van der Waals surface area (Å²) in [6.45, 7) is 7.00. The number of nitrogens with zero attached hydrogens (tertiary/aromatic N) is 3. The van der Waals surface area contributed by atoms with Crippen molar-refractivity contribution in [3.63, 3.8) is 0 Å². The second-order valence-corrected chi connectivity index (χ2v) is 12.4. The molecule has 0 N–H and O–H groups in total. The highest BCUT2D eigenvalue weighted by Crippen LogP contribution is 2.42. The van der Waals surface area contributed by atoms with Gasteiger partial charge in [-0.05, 0) is 50.1 Å². The van der Waals surface area contributed by atoms with E-state index >= 15 is 0 Å². The van der Waals surface area contributed by atoms with Gasteiger partial charge < -0.3 is 4.74 Å². The normalized spacial score (nSPS) is 14.5. The van der Waals surface area contributed by atoms with Gasteiger partial charge in [-0.3, -0.25) is 9.69 Å². The molecule has 186 valence electrons. The largest absolute Gasteiger partial charge is 0.370 e. The van der Waals surface area contributed by atoms with Crippen molar-refractivity contribution in [1.29, 1.82) is 0 Å². The van der Waals surface area contributed by atoms with Crippen LogP contribution in [-0.2, 0) is 22.6 Å². The third-order valence-corrected chi connectivity index (χ3v) is 9.04. The Balaban J connectivity index is 1.49. The molecule has 5 nitrogen and oxygen atoms in total. The fourth-order valence-electron chi connectivity index (χ4n) is 4.24. The summed E-state index contributed by atoms with van der Waals surface area (Å²) >= 11 is 4.88. The monoisotopic (exact) mass is 535 g/mol. The average molecular weight is 536 g/mol. The highest BCUT2D eigenvalue weighted by Gasteiger charge is 2.31. The first-order valence-electron chi connectivity index (χ1n) is 12.1. The Labute approximate surface area is 224 Å². The lowest BCUT2D eigenvalue weighted by Gasteiger charge is -2.30. The van der Waals surface area contributed by atoms with Gasteiger partial charge in [-0.1, -0.05) is 66.8 Å². The van der Waals surface area contributed by atoms with Gasteiger partial charge >= 0.3 is 0 Å². The van der Waals surface area contributed by atoms with Gasteiger partial charge in [-0.25, -0.2) is 9.97 Å². The number of fused-ring (bicyclic) bond motifs is 3. The first kappa shape index (κ1) is 25.3. The molecular weight excluding hydrogens is 507 g/mol. The molecule has 1 amide bonds. The first-order chi connectivity index (χ1) is 17.4. The van der Waals surface area contributed by atoms with E-state index in [4.69, 9.17) is 14.7 Å². The minimum Gasteiger partial charge on any atom is -0.370 e. The Morgan fingerprint density at radius 3 is 2.33 bits per heavy atom. The molecule has 5 rings (SSSR count). The zero-order valence-corrected chi connectivity index (χ0v) is 23.1. The molecule has 3 heterocycles. The predicted octanol–water partition coefficient (Wildman–Crippen LogP) is 7.50. The number of hydrogen-bond donors (Lipinski definition) is 0. The van der Waals surface area contributed by atoms with E-state index in [2.05, 4.69) is 20.8 Å². The Hall–Kier alpha value is -2.39. The number of hydrogen-bond acceptors (Lipinski definition) is 7. The summed E-state index contributed by atoms with van der Waals surface area (Å²) in [7, 11) is 0. The second kappa shape index (κ2) is 10.9. The number of carbonyl (C=O) groups excluding carboxylic acids is 1. The van der Waals surface area contributed by atoms with Gasteiger partial charge in [0, 0.05) is 33.8 Å². The van der Waals surface area contributed by atoms with Crippen LogP contribution in [0.2, 0.25) is 0 Å². The van der Waals surface area contributed by atoms with Crippen LogP contribution in [-0.4, -0.2) is 33.0 Å². The van der Waals surface area contributed by atoms with Crippen LogP contribution in [0.25, 0.3) is 10.2 Å². The molecule has 0 unspecified atom stereocenters. The summed E-state index contributed by atoms with van der Waals surface area (Å²) in [5, 5.41) is 2.76. The molecule has 0 saturated heterocycles. The summed E-state index contributed by atoms with van der Waals surface area (Å²) in [5.74, 6) is 1.25. The van der Waals surface area contributed by atoms with Gasteiger partial charge in [0.15, 0.2) is 5.16 Å². The third-order valence-electron chi connectivity index (χ3n) is 5.92. The van der Waals surface area contributed by atoms with E-state index in [1.807, 2.05) is 60.7 Å². The number of ether oxygens (including phenoxy) is 1. The van der Waals surface area contributed by atoms with Crippen molar-refractivity contribution in [2.24, 2.45) is 0 Å². The third kappa shape index (κ3) is 5.47. The second-order valence-electron chi connectivity index (χ2n) is 9.26. The smallest absolute Gasteiger partial charge is 0.241 e. The molecule has 4 aromatic rings. The van der Waals surface area contributed by atoms with Crippen molar-refractivity contribution in [2.75, 3.05) is 16.4 Å². The first-order valence-corrected chi connectivity index (χ1v) is 14.9. The Morgan fingerprint density at radius 1 is 1.03 bits per heavy atom. The topological polar surface area (TPSA) is 55.3 Å². The molecule has 8 heteroatoms.